The first-order chi connectivity index (χ1) is 6.04. The summed E-state index contributed by atoms with van der Waals surface area (Å²) in [5.74, 6) is -0.0796. The third-order valence-electron chi connectivity index (χ3n) is 1.81. The average molecular weight is 221 g/mol. The highest BCUT2D eigenvalue weighted by Crippen LogP contribution is 2.25. The van der Waals surface area contributed by atoms with Crippen molar-refractivity contribution < 1.29 is 13.2 Å². The molecule has 0 unspecified atom stereocenters. The fourth-order valence-electron chi connectivity index (χ4n) is 1.42. The van der Waals surface area contributed by atoms with Crippen molar-refractivity contribution in [1.29, 1.82) is 0 Å². The molecule has 0 bridgehead atoms. The van der Waals surface area contributed by atoms with Gasteiger partial charge in [0.05, 0.1) is 6.26 Å². The second kappa shape index (κ2) is 4.29. The van der Waals surface area contributed by atoms with Crippen molar-refractivity contribution in [3.05, 3.63) is 0 Å². The van der Waals surface area contributed by atoms with Gasteiger partial charge >= 0.3 is 0 Å². The molecular weight excluding hydrogens is 202 g/mol. The van der Waals surface area contributed by atoms with E-state index >= 15 is 0 Å². The van der Waals surface area contributed by atoms with Crippen LogP contribution in [-0.2, 0) is 14.8 Å². The van der Waals surface area contributed by atoms with E-state index in [0.717, 1.165) is 6.26 Å². The van der Waals surface area contributed by atoms with E-state index in [1.54, 1.807) is 13.8 Å². The molecule has 1 N–H and O–H groups in total. The number of rotatable bonds is 4. The zero-order valence-corrected chi connectivity index (χ0v) is 10.2. The average Bonchev–Trinajstić information content (AvgIpc) is 1.79. The van der Waals surface area contributed by atoms with Gasteiger partial charge in [0.25, 0.3) is 0 Å². The SMILES string of the molecule is CC(C)CC(C)(C)C(=O)NS(C)(=O)=O. The maximum absolute atomic E-state index is 11.5. The predicted molar refractivity (Wildman–Crippen MR) is 56.2 cm³/mol. The molecule has 0 saturated carbocycles. The molecule has 1 amide bonds. The molecule has 0 heterocycles. The Balaban J connectivity index is 4.52. The molecule has 5 heteroatoms. The highest BCUT2D eigenvalue weighted by atomic mass is 32.2. The number of sulfonamides is 1. The van der Waals surface area contributed by atoms with Crippen molar-refractivity contribution in [2.24, 2.45) is 11.3 Å². The molecule has 14 heavy (non-hydrogen) atoms. The van der Waals surface area contributed by atoms with Gasteiger partial charge in [-0.05, 0) is 12.3 Å². The van der Waals surface area contributed by atoms with Gasteiger partial charge in [-0.2, -0.15) is 0 Å². The van der Waals surface area contributed by atoms with Crippen molar-refractivity contribution in [3.63, 3.8) is 0 Å². The van der Waals surface area contributed by atoms with Crippen LogP contribution in [0, 0.1) is 11.3 Å². The molecule has 0 aliphatic heterocycles. The van der Waals surface area contributed by atoms with Crippen LogP contribution in [0.5, 0.6) is 0 Å². The van der Waals surface area contributed by atoms with E-state index in [2.05, 4.69) is 0 Å². The maximum atomic E-state index is 11.5. The number of hydrogen-bond acceptors (Lipinski definition) is 3. The van der Waals surface area contributed by atoms with Crippen molar-refractivity contribution >= 4 is 15.9 Å². The number of carbonyl (C=O) groups is 1. The fourth-order valence-corrected chi connectivity index (χ4v) is 2.03. The van der Waals surface area contributed by atoms with Gasteiger partial charge in [0, 0.05) is 5.41 Å². The maximum Gasteiger partial charge on any atom is 0.239 e. The summed E-state index contributed by atoms with van der Waals surface area (Å²) in [7, 11) is -3.44. The van der Waals surface area contributed by atoms with Crippen LogP contribution in [0.15, 0.2) is 0 Å². The van der Waals surface area contributed by atoms with Crippen LogP contribution in [-0.4, -0.2) is 20.6 Å². The lowest BCUT2D eigenvalue weighted by Crippen LogP contribution is -2.40. The lowest BCUT2D eigenvalue weighted by Gasteiger charge is -2.24. The Hall–Kier alpha value is -0.580. The number of carbonyl (C=O) groups excluding carboxylic acids is 1. The van der Waals surface area contributed by atoms with Crippen molar-refractivity contribution in [1.82, 2.24) is 4.72 Å². The van der Waals surface area contributed by atoms with E-state index in [0.29, 0.717) is 12.3 Å². The van der Waals surface area contributed by atoms with E-state index in [4.69, 9.17) is 0 Å². The highest BCUT2D eigenvalue weighted by Gasteiger charge is 2.30. The molecule has 0 aromatic rings. The zero-order valence-electron chi connectivity index (χ0n) is 9.42. The first kappa shape index (κ1) is 13.4. The van der Waals surface area contributed by atoms with Gasteiger partial charge < -0.3 is 0 Å². The molecule has 0 rings (SSSR count). The minimum absolute atomic E-state index is 0.357. The van der Waals surface area contributed by atoms with Crippen LogP contribution in [0.3, 0.4) is 0 Å². The minimum atomic E-state index is -3.44. The highest BCUT2D eigenvalue weighted by molar-refractivity contribution is 7.89. The summed E-state index contributed by atoms with van der Waals surface area (Å²) in [6.45, 7) is 7.48. The molecule has 0 saturated heterocycles. The Bertz CT molecular complexity index is 304. The number of hydrogen-bond donors (Lipinski definition) is 1. The Morgan fingerprint density at radius 1 is 1.36 bits per heavy atom. The molecule has 0 aromatic carbocycles. The summed E-state index contributed by atoms with van der Waals surface area (Å²) in [5, 5.41) is 0. The Labute approximate surface area is 86.1 Å². The van der Waals surface area contributed by atoms with Crippen LogP contribution >= 0.6 is 0 Å². The van der Waals surface area contributed by atoms with Gasteiger partial charge in [-0.3, -0.25) is 9.52 Å². The van der Waals surface area contributed by atoms with Crippen LogP contribution in [0.25, 0.3) is 0 Å². The van der Waals surface area contributed by atoms with Crippen molar-refractivity contribution in [2.75, 3.05) is 6.26 Å². The molecule has 4 nitrogen and oxygen atoms in total. The Kier molecular flexibility index (Phi) is 4.12. The molecule has 84 valence electrons. The van der Waals surface area contributed by atoms with Gasteiger partial charge in [-0.25, -0.2) is 8.42 Å². The molecule has 0 fully saturated rings. The molecule has 0 spiro atoms. The Morgan fingerprint density at radius 3 is 2.07 bits per heavy atom. The molecule has 0 aromatic heterocycles. The fraction of sp³-hybridized carbons (Fsp3) is 0.889. The van der Waals surface area contributed by atoms with Crippen molar-refractivity contribution in [2.45, 2.75) is 34.1 Å². The van der Waals surface area contributed by atoms with E-state index in [1.165, 1.54) is 0 Å². The summed E-state index contributed by atoms with van der Waals surface area (Å²) in [4.78, 5) is 11.5. The van der Waals surface area contributed by atoms with E-state index in [1.807, 2.05) is 18.6 Å². The topological polar surface area (TPSA) is 63.2 Å². The molecule has 0 aliphatic carbocycles. The molecule has 0 radical (unpaired) electrons. The van der Waals surface area contributed by atoms with E-state index in [9.17, 15) is 13.2 Å². The van der Waals surface area contributed by atoms with Gasteiger partial charge in [-0.1, -0.05) is 27.7 Å². The van der Waals surface area contributed by atoms with Crippen LogP contribution in [0.2, 0.25) is 0 Å². The standard InChI is InChI=1S/C9H19NO3S/c1-7(2)6-9(3,4)8(11)10-14(5,12)13/h7H,6H2,1-5H3,(H,10,11). The summed E-state index contributed by atoms with van der Waals surface area (Å²) in [6, 6.07) is 0. The predicted octanol–water partition coefficient (Wildman–Crippen LogP) is 1.13. The third-order valence-corrected chi connectivity index (χ3v) is 2.37. The second-order valence-corrected chi connectivity index (χ2v) is 6.43. The summed E-state index contributed by atoms with van der Waals surface area (Å²) in [6.07, 6.45) is 1.64. The second-order valence-electron chi connectivity index (χ2n) is 4.69. The number of nitrogens with one attached hydrogen (secondary N) is 1. The van der Waals surface area contributed by atoms with Gasteiger partial charge in [-0.15, -0.1) is 0 Å². The van der Waals surface area contributed by atoms with E-state index < -0.39 is 21.3 Å². The van der Waals surface area contributed by atoms with Gasteiger partial charge in [0.1, 0.15) is 0 Å². The van der Waals surface area contributed by atoms with Crippen LogP contribution in [0.4, 0.5) is 0 Å². The molecular formula is C9H19NO3S. The van der Waals surface area contributed by atoms with Crippen LogP contribution in [0.1, 0.15) is 34.1 Å². The van der Waals surface area contributed by atoms with Gasteiger partial charge in [0.2, 0.25) is 15.9 Å². The lowest BCUT2D eigenvalue weighted by molar-refractivity contribution is -0.128. The van der Waals surface area contributed by atoms with Crippen molar-refractivity contribution in [3.8, 4) is 0 Å². The quantitative estimate of drug-likeness (QED) is 0.774. The summed E-state index contributed by atoms with van der Waals surface area (Å²) >= 11 is 0. The Morgan fingerprint density at radius 2 is 1.79 bits per heavy atom. The first-order valence-corrected chi connectivity index (χ1v) is 6.46. The zero-order chi connectivity index (χ0) is 11.6. The number of amides is 1. The first-order valence-electron chi connectivity index (χ1n) is 4.57. The smallest absolute Gasteiger partial charge is 0.239 e. The lowest BCUT2D eigenvalue weighted by atomic mass is 9.83. The minimum Gasteiger partial charge on any atom is -0.273 e. The summed E-state index contributed by atoms with van der Waals surface area (Å²) in [5.41, 5.74) is -0.642. The normalized spacial score (nSPS) is 13.0. The monoisotopic (exact) mass is 221 g/mol. The third kappa shape index (κ3) is 5.21. The van der Waals surface area contributed by atoms with E-state index in [-0.39, 0.29) is 0 Å². The molecule has 0 atom stereocenters. The van der Waals surface area contributed by atoms with Gasteiger partial charge in [0.15, 0.2) is 0 Å². The largest absolute Gasteiger partial charge is 0.273 e. The molecule has 0 aliphatic rings. The van der Waals surface area contributed by atoms with Crippen LogP contribution < -0.4 is 4.72 Å². The summed E-state index contributed by atoms with van der Waals surface area (Å²) < 4.78 is 23.7.